The first-order valence-electron chi connectivity index (χ1n) is 6.68. The van der Waals surface area contributed by atoms with Gasteiger partial charge in [-0.25, -0.2) is 0 Å². The van der Waals surface area contributed by atoms with E-state index in [0.717, 1.165) is 6.42 Å². The van der Waals surface area contributed by atoms with Gasteiger partial charge in [-0.2, -0.15) is 4.98 Å². The summed E-state index contributed by atoms with van der Waals surface area (Å²) in [4.78, 5) is 4.39. The van der Waals surface area contributed by atoms with Crippen molar-refractivity contribution >= 4 is 0 Å². The molecule has 0 radical (unpaired) electrons. The van der Waals surface area contributed by atoms with Gasteiger partial charge < -0.3 is 10.3 Å². The predicted octanol–water partition coefficient (Wildman–Crippen LogP) is 3.01. The van der Waals surface area contributed by atoms with Crippen LogP contribution in [0.3, 0.4) is 0 Å². The molecule has 0 fully saturated rings. The molecule has 0 aliphatic heterocycles. The molecule has 2 rings (SSSR count). The van der Waals surface area contributed by atoms with Crippen LogP contribution < -0.4 is 5.73 Å². The van der Waals surface area contributed by atoms with Gasteiger partial charge in [0.2, 0.25) is 5.89 Å². The van der Waals surface area contributed by atoms with Gasteiger partial charge in [-0.05, 0) is 24.8 Å². The second-order valence-electron chi connectivity index (χ2n) is 5.45. The number of nitrogens with two attached hydrogens (primary N) is 1. The van der Waals surface area contributed by atoms with Crippen LogP contribution in [0.5, 0.6) is 0 Å². The summed E-state index contributed by atoms with van der Waals surface area (Å²) in [6, 6.07) is 8.14. The molecule has 0 spiro atoms. The zero-order valence-corrected chi connectivity index (χ0v) is 11.8. The molecule has 2 N–H and O–H groups in total. The molecule has 0 saturated carbocycles. The van der Waals surface area contributed by atoms with Crippen LogP contribution in [0.2, 0.25) is 0 Å². The first-order valence-corrected chi connectivity index (χ1v) is 6.68. The molecule has 0 unspecified atom stereocenters. The van der Waals surface area contributed by atoms with Crippen LogP contribution in [0.4, 0.5) is 0 Å². The Morgan fingerprint density at radius 2 is 2.11 bits per heavy atom. The van der Waals surface area contributed by atoms with E-state index >= 15 is 0 Å². The fourth-order valence-electron chi connectivity index (χ4n) is 2.10. The molecule has 0 saturated heterocycles. The van der Waals surface area contributed by atoms with Crippen molar-refractivity contribution in [2.45, 2.75) is 39.7 Å². The average molecular weight is 259 g/mol. The summed E-state index contributed by atoms with van der Waals surface area (Å²) in [5, 5.41) is 4.00. The van der Waals surface area contributed by atoms with Gasteiger partial charge in [0.25, 0.3) is 0 Å². The molecular weight excluding hydrogens is 238 g/mol. The van der Waals surface area contributed by atoms with Gasteiger partial charge in [0.15, 0.2) is 5.82 Å². The maximum atomic E-state index is 6.03. The molecule has 1 heterocycles. The largest absolute Gasteiger partial charge is 0.338 e. The third-order valence-electron chi connectivity index (χ3n) is 2.97. The van der Waals surface area contributed by atoms with Crippen LogP contribution in [0.1, 0.15) is 49.2 Å². The monoisotopic (exact) mass is 259 g/mol. The lowest BCUT2D eigenvalue weighted by molar-refractivity contribution is 0.333. The van der Waals surface area contributed by atoms with Crippen LogP contribution >= 0.6 is 0 Å². The minimum Gasteiger partial charge on any atom is -0.338 e. The third kappa shape index (κ3) is 3.89. The predicted molar refractivity (Wildman–Crippen MR) is 74.7 cm³/mol. The summed E-state index contributed by atoms with van der Waals surface area (Å²) < 4.78 is 5.24. The van der Waals surface area contributed by atoms with Gasteiger partial charge in [-0.15, -0.1) is 0 Å². The van der Waals surface area contributed by atoms with Crippen LogP contribution in [-0.2, 0) is 6.42 Å². The molecular formula is C15H21N3O. The van der Waals surface area contributed by atoms with E-state index in [4.69, 9.17) is 10.3 Å². The van der Waals surface area contributed by atoms with Gasteiger partial charge in [0.05, 0.1) is 6.04 Å². The van der Waals surface area contributed by atoms with Crippen LogP contribution in [0, 0.1) is 12.8 Å². The Kier molecular flexibility index (Phi) is 4.32. The molecule has 0 aliphatic rings. The van der Waals surface area contributed by atoms with Crippen molar-refractivity contribution in [2.24, 2.45) is 11.7 Å². The lowest BCUT2D eigenvalue weighted by Crippen LogP contribution is -2.13. The Balaban J connectivity index is 2.05. The first kappa shape index (κ1) is 13.7. The normalized spacial score (nSPS) is 12.9. The van der Waals surface area contributed by atoms with Crippen molar-refractivity contribution in [1.82, 2.24) is 10.1 Å². The SMILES string of the molecule is Cc1cccc(Cc2noc([C@H](N)CC(C)C)n2)c1. The van der Waals surface area contributed by atoms with Gasteiger partial charge in [-0.1, -0.05) is 48.8 Å². The molecule has 4 heteroatoms. The van der Waals surface area contributed by atoms with Crippen molar-refractivity contribution in [3.8, 4) is 0 Å². The van der Waals surface area contributed by atoms with Gasteiger partial charge in [0, 0.05) is 6.42 Å². The molecule has 0 aliphatic carbocycles. The standard InChI is InChI=1S/C15H21N3O/c1-10(2)7-13(16)15-17-14(18-19-15)9-12-6-4-5-11(3)8-12/h4-6,8,10,13H,7,9,16H2,1-3H3/t13-/m1/s1. The third-order valence-corrected chi connectivity index (χ3v) is 2.97. The number of hydrogen-bond donors (Lipinski definition) is 1. The molecule has 4 nitrogen and oxygen atoms in total. The van der Waals surface area contributed by atoms with E-state index in [2.05, 4.69) is 49.1 Å². The summed E-state index contributed by atoms with van der Waals surface area (Å²) in [7, 11) is 0. The number of aromatic nitrogens is 2. The molecule has 1 atom stereocenters. The lowest BCUT2D eigenvalue weighted by atomic mass is 10.0. The van der Waals surface area contributed by atoms with E-state index in [1.165, 1.54) is 11.1 Å². The van der Waals surface area contributed by atoms with Crippen molar-refractivity contribution in [3.05, 3.63) is 47.1 Å². The van der Waals surface area contributed by atoms with E-state index in [9.17, 15) is 0 Å². The van der Waals surface area contributed by atoms with E-state index in [1.807, 2.05) is 6.07 Å². The molecule has 0 amide bonds. The summed E-state index contributed by atoms with van der Waals surface area (Å²) in [5.74, 6) is 1.75. The minimum absolute atomic E-state index is 0.168. The van der Waals surface area contributed by atoms with Crippen LogP contribution in [-0.4, -0.2) is 10.1 Å². The van der Waals surface area contributed by atoms with Gasteiger partial charge in [-0.3, -0.25) is 0 Å². The highest BCUT2D eigenvalue weighted by Gasteiger charge is 2.16. The zero-order chi connectivity index (χ0) is 13.8. The van der Waals surface area contributed by atoms with Gasteiger partial charge >= 0.3 is 0 Å². The van der Waals surface area contributed by atoms with Crippen molar-refractivity contribution in [1.29, 1.82) is 0 Å². The summed E-state index contributed by atoms with van der Waals surface area (Å²) >= 11 is 0. The number of rotatable bonds is 5. The fourth-order valence-corrected chi connectivity index (χ4v) is 2.10. The highest BCUT2D eigenvalue weighted by atomic mass is 16.5. The van der Waals surface area contributed by atoms with Crippen molar-refractivity contribution < 1.29 is 4.52 Å². The number of nitrogens with zero attached hydrogens (tertiary/aromatic N) is 2. The zero-order valence-electron chi connectivity index (χ0n) is 11.8. The summed E-state index contributed by atoms with van der Waals surface area (Å²) in [5.41, 5.74) is 8.45. The van der Waals surface area contributed by atoms with Crippen LogP contribution in [0.25, 0.3) is 0 Å². The Morgan fingerprint density at radius 1 is 1.32 bits per heavy atom. The maximum absolute atomic E-state index is 6.03. The Labute approximate surface area is 114 Å². The van der Waals surface area contributed by atoms with E-state index < -0.39 is 0 Å². The molecule has 2 aromatic rings. The van der Waals surface area contributed by atoms with E-state index in [-0.39, 0.29) is 6.04 Å². The maximum Gasteiger partial charge on any atom is 0.243 e. The molecule has 0 bridgehead atoms. The van der Waals surface area contributed by atoms with E-state index in [0.29, 0.717) is 24.1 Å². The molecule has 102 valence electrons. The smallest absolute Gasteiger partial charge is 0.243 e. The Morgan fingerprint density at radius 3 is 2.79 bits per heavy atom. The average Bonchev–Trinajstić information content (AvgIpc) is 2.76. The number of hydrogen-bond acceptors (Lipinski definition) is 4. The quantitative estimate of drug-likeness (QED) is 0.896. The van der Waals surface area contributed by atoms with E-state index in [1.54, 1.807) is 0 Å². The van der Waals surface area contributed by atoms with Crippen molar-refractivity contribution in [3.63, 3.8) is 0 Å². The van der Waals surface area contributed by atoms with Crippen LogP contribution in [0.15, 0.2) is 28.8 Å². The summed E-state index contributed by atoms with van der Waals surface area (Å²) in [6.07, 6.45) is 1.53. The van der Waals surface area contributed by atoms with Gasteiger partial charge in [0.1, 0.15) is 0 Å². The lowest BCUT2D eigenvalue weighted by Gasteiger charge is -2.08. The highest BCUT2D eigenvalue weighted by Crippen LogP contribution is 2.17. The Bertz CT molecular complexity index is 534. The molecule has 1 aromatic carbocycles. The highest BCUT2D eigenvalue weighted by molar-refractivity contribution is 5.24. The second-order valence-corrected chi connectivity index (χ2v) is 5.45. The number of benzene rings is 1. The minimum atomic E-state index is -0.168. The first-order chi connectivity index (χ1) is 9.04. The molecule has 1 aromatic heterocycles. The summed E-state index contributed by atoms with van der Waals surface area (Å²) in [6.45, 7) is 6.33. The molecule has 19 heavy (non-hydrogen) atoms. The second kappa shape index (κ2) is 5.97. The fraction of sp³-hybridized carbons (Fsp3) is 0.467. The number of aryl methyl sites for hydroxylation is 1. The topological polar surface area (TPSA) is 64.9 Å². The Hall–Kier alpha value is -1.68. The van der Waals surface area contributed by atoms with Crippen molar-refractivity contribution in [2.75, 3.05) is 0 Å².